The van der Waals surface area contributed by atoms with E-state index in [-0.39, 0.29) is 5.91 Å². The van der Waals surface area contributed by atoms with Crippen LogP contribution in [0.1, 0.15) is 10.5 Å². The van der Waals surface area contributed by atoms with Crippen molar-refractivity contribution in [2.75, 3.05) is 26.6 Å². The first-order chi connectivity index (χ1) is 16.1. The summed E-state index contributed by atoms with van der Waals surface area (Å²) in [7, 11) is 4.67. The van der Waals surface area contributed by atoms with Gasteiger partial charge in [0.2, 0.25) is 0 Å². The van der Waals surface area contributed by atoms with Crippen molar-refractivity contribution in [3.8, 4) is 28.6 Å². The van der Waals surface area contributed by atoms with E-state index in [1.54, 1.807) is 33.5 Å². The van der Waals surface area contributed by atoms with Gasteiger partial charge in [-0.15, -0.1) is 0 Å². The Kier molecular flexibility index (Phi) is 5.10. The molecule has 2 aromatic heterocycles. The summed E-state index contributed by atoms with van der Waals surface area (Å²) in [6, 6.07) is 18.8. The number of benzene rings is 3. The first-order valence-electron chi connectivity index (χ1n) is 10.3. The summed E-state index contributed by atoms with van der Waals surface area (Å²) in [5.74, 6) is 2.08. The number of carbonyl (C=O) groups is 1. The van der Waals surface area contributed by atoms with E-state index in [1.807, 2.05) is 48.5 Å². The fourth-order valence-corrected chi connectivity index (χ4v) is 3.86. The molecule has 1 amide bonds. The molecule has 5 rings (SSSR count). The van der Waals surface area contributed by atoms with Crippen LogP contribution in [0.3, 0.4) is 0 Å². The van der Waals surface area contributed by atoms with E-state index >= 15 is 0 Å². The summed E-state index contributed by atoms with van der Waals surface area (Å²) in [5.41, 5.74) is 4.47. The molecule has 2 heterocycles. The number of amides is 1. The Morgan fingerprint density at radius 1 is 0.879 bits per heavy atom. The van der Waals surface area contributed by atoms with E-state index in [1.165, 1.54) is 0 Å². The Bertz CT molecular complexity index is 1430. The zero-order valence-corrected chi connectivity index (χ0v) is 18.4. The number of nitrogens with one attached hydrogen (secondary N) is 3. The van der Waals surface area contributed by atoms with Crippen molar-refractivity contribution < 1.29 is 19.0 Å². The third kappa shape index (κ3) is 3.61. The molecule has 0 fully saturated rings. The van der Waals surface area contributed by atoms with E-state index in [2.05, 4.69) is 20.3 Å². The van der Waals surface area contributed by atoms with Crippen LogP contribution in [0.25, 0.3) is 33.3 Å². The van der Waals surface area contributed by atoms with Crippen molar-refractivity contribution in [2.45, 2.75) is 0 Å². The average Bonchev–Trinajstić information content (AvgIpc) is 3.48. The van der Waals surface area contributed by atoms with Gasteiger partial charge in [-0.2, -0.15) is 0 Å². The molecule has 0 bridgehead atoms. The van der Waals surface area contributed by atoms with Crippen molar-refractivity contribution in [3.05, 3.63) is 66.4 Å². The number of methoxy groups -OCH3 is 3. The number of aromatic nitrogens is 3. The maximum Gasteiger partial charge on any atom is 0.272 e. The molecular weight excluding hydrogens is 420 g/mol. The molecule has 33 heavy (non-hydrogen) atoms. The zero-order valence-electron chi connectivity index (χ0n) is 18.4. The van der Waals surface area contributed by atoms with Crippen molar-refractivity contribution in [1.29, 1.82) is 0 Å². The molecular formula is C25H22N4O4. The SMILES string of the molecule is COc1cc(OC)c2cc(C(=O)Nc3ccc(-c4nc5ccccc5[nH]4)cc3)[nH]c2c1OC. The van der Waals surface area contributed by atoms with E-state index in [4.69, 9.17) is 14.2 Å². The van der Waals surface area contributed by atoms with Crippen LogP contribution in [0.4, 0.5) is 5.69 Å². The van der Waals surface area contributed by atoms with Crippen LogP contribution in [0, 0.1) is 0 Å². The molecule has 0 saturated heterocycles. The van der Waals surface area contributed by atoms with Gasteiger partial charge < -0.3 is 29.5 Å². The predicted octanol–water partition coefficient (Wildman–Crippen LogP) is 4.99. The fourth-order valence-electron chi connectivity index (χ4n) is 3.86. The largest absolute Gasteiger partial charge is 0.496 e. The minimum absolute atomic E-state index is 0.286. The Labute approximate surface area is 189 Å². The lowest BCUT2D eigenvalue weighted by atomic mass is 10.2. The number of para-hydroxylation sites is 2. The molecule has 0 aliphatic rings. The van der Waals surface area contributed by atoms with Gasteiger partial charge in [0.25, 0.3) is 5.91 Å². The van der Waals surface area contributed by atoms with Gasteiger partial charge in [-0.25, -0.2) is 4.98 Å². The average molecular weight is 442 g/mol. The Morgan fingerprint density at radius 2 is 1.64 bits per heavy atom. The molecule has 0 atom stereocenters. The maximum absolute atomic E-state index is 12.9. The standard InChI is InChI=1S/C25H22N4O4/c1-31-20-13-21(32-2)23(33-3)22-16(20)12-19(27-22)25(30)26-15-10-8-14(9-11-15)24-28-17-6-4-5-7-18(17)29-24/h4-13,27H,1-3H3,(H,26,30)(H,28,29). The second-order valence-corrected chi connectivity index (χ2v) is 7.42. The number of anilines is 1. The van der Waals surface area contributed by atoms with Crippen molar-refractivity contribution in [2.24, 2.45) is 0 Å². The van der Waals surface area contributed by atoms with E-state index in [0.717, 1.165) is 27.8 Å². The van der Waals surface area contributed by atoms with Gasteiger partial charge in [0, 0.05) is 22.7 Å². The Morgan fingerprint density at radius 3 is 2.33 bits per heavy atom. The summed E-state index contributed by atoms with van der Waals surface area (Å²) in [6.07, 6.45) is 0. The molecule has 0 aliphatic heterocycles. The molecule has 0 spiro atoms. The number of hydrogen-bond donors (Lipinski definition) is 3. The summed E-state index contributed by atoms with van der Waals surface area (Å²) >= 11 is 0. The quantitative estimate of drug-likeness (QED) is 0.344. The molecule has 8 nitrogen and oxygen atoms in total. The number of ether oxygens (including phenoxy) is 3. The summed E-state index contributed by atoms with van der Waals surface area (Å²) in [6.45, 7) is 0. The number of aromatic amines is 2. The van der Waals surface area contributed by atoms with Gasteiger partial charge in [-0.3, -0.25) is 4.79 Å². The summed E-state index contributed by atoms with van der Waals surface area (Å²) < 4.78 is 16.3. The highest BCUT2D eigenvalue weighted by Crippen LogP contribution is 2.41. The van der Waals surface area contributed by atoms with Crippen LogP contribution in [-0.2, 0) is 0 Å². The normalized spacial score (nSPS) is 11.0. The molecule has 166 valence electrons. The summed E-state index contributed by atoms with van der Waals surface area (Å²) in [5, 5.41) is 3.64. The first kappa shape index (κ1) is 20.4. The topological polar surface area (TPSA) is 101 Å². The van der Waals surface area contributed by atoms with Gasteiger partial charge in [0.1, 0.15) is 17.3 Å². The van der Waals surface area contributed by atoms with Crippen molar-refractivity contribution in [3.63, 3.8) is 0 Å². The number of carbonyl (C=O) groups excluding carboxylic acids is 1. The summed E-state index contributed by atoms with van der Waals surface area (Å²) in [4.78, 5) is 24.0. The smallest absolute Gasteiger partial charge is 0.272 e. The third-order valence-corrected chi connectivity index (χ3v) is 5.49. The van der Waals surface area contributed by atoms with E-state index < -0.39 is 0 Å². The minimum atomic E-state index is -0.286. The predicted molar refractivity (Wildman–Crippen MR) is 127 cm³/mol. The third-order valence-electron chi connectivity index (χ3n) is 5.49. The lowest BCUT2D eigenvalue weighted by molar-refractivity contribution is 0.102. The van der Waals surface area contributed by atoms with E-state index in [0.29, 0.717) is 34.1 Å². The molecule has 8 heteroatoms. The monoisotopic (exact) mass is 442 g/mol. The fraction of sp³-hybridized carbons (Fsp3) is 0.120. The minimum Gasteiger partial charge on any atom is -0.496 e. The molecule has 3 N–H and O–H groups in total. The second-order valence-electron chi connectivity index (χ2n) is 7.42. The number of fused-ring (bicyclic) bond motifs is 2. The lowest BCUT2D eigenvalue weighted by Gasteiger charge is -2.11. The first-order valence-corrected chi connectivity index (χ1v) is 10.3. The molecule has 0 saturated carbocycles. The molecule has 0 unspecified atom stereocenters. The highest BCUT2D eigenvalue weighted by atomic mass is 16.5. The Hall–Kier alpha value is -4.46. The van der Waals surface area contributed by atoms with Crippen LogP contribution in [-0.4, -0.2) is 42.2 Å². The van der Waals surface area contributed by atoms with Gasteiger partial charge in [0.05, 0.1) is 37.9 Å². The zero-order chi connectivity index (χ0) is 22.9. The maximum atomic E-state index is 12.9. The van der Waals surface area contributed by atoms with Crippen LogP contribution in [0.2, 0.25) is 0 Å². The second kappa shape index (κ2) is 8.23. The van der Waals surface area contributed by atoms with E-state index in [9.17, 15) is 4.79 Å². The van der Waals surface area contributed by atoms with Crippen molar-refractivity contribution in [1.82, 2.24) is 15.0 Å². The molecule has 5 aromatic rings. The number of rotatable bonds is 6. The number of H-pyrrole nitrogens is 2. The lowest BCUT2D eigenvalue weighted by Crippen LogP contribution is -2.12. The van der Waals surface area contributed by atoms with Gasteiger partial charge in [-0.1, -0.05) is 12.1 Å². The highest BCUT2D eigenvalue weighted by molar-refractivity contribution is 6.08. The van der Waals surface area contributed by atoms with Gasteiger partial charge in [-0.05, 0) is 42.5 Å². The van der Waals surface area contributed by atoms with Crippen LogP contribution < -0.4 is 19.5 Å². The van der Waals surface area contributed by atoms with Crippen molar-refractivity contribution >= 4 is 33.5 Å². The number of nitrogens with zero attached hydrogens (tertiary/aromatic N) is 1. The van der Waals surface area contributed by atoms with Crippen LogP contribution in [0.5, 0.6) is 17.2 Å². The molecule has 0 aliphatic carbocycles. The van der Waals surface area contributed by atoms with Gasteiger partial charge in [0.15, 0.2) is 11.5 Å². The Balaban J connectivity index is 1.41. The molecule has 0 radical (unpaired) electrons. The van der Waals surface area contributed by atoms with Crippen LogP contribution in [0.15, 0.2) is 60.7 Å². The number of hydrogen-bond acceptors (Lipinski definition) is 5. The van der Waals surface area contributed by atoms with Crippen LogP contribution >= 0.6 is 0 Å². The highest BCUT2D eigenvalue weighted by Gasteiger charge is 2.19. The molecule has 3 aromatic carbocycles. The number of imidazole rings is 1. The van der Waals surface area contributed by atoms with Gasteiger partial charge >= 0.3 is 0 Å².